The fourth-order valence-corrected chi connectivity index (χ4v) is 3.18. The molecular weight excluding hydrogens is 206 g/mol. The molecule has 0 spiro atoms. The quantitative estimate of drug-likeness (QED) is 0.783. The fraction of sp³-hybridized carbons (Fsp3) is 0.500. The molecule has 2 nitrogen and oxygen atoms in total. The molecule has 1 aromatic carbocycles. The van der Waals surface area contributed by atoms with Crippen LogP contribution >= 0.6 is 11.8 Å². The van der Waals surface area contributed by atoms with E-state index in [0.717, 1.165) is 18.7 Å². The van der Waals surface area contributed by atoms with Gasteiger partial charge in [0, 0.05) is 22.4 Å². The lowest BCUT2D eigenvalue weighted by Gasteiger charge is -2.14. The lowest BCUT2D eigenvalue weighted by atomic mass is 10.2. The van der Waals surface area contributed by atoms with Gasteiger partial charge in [-0.25, -0.2) is 0 Å². The zero-order valence-electron chi connectivity index (χ0n) is 9.19. The Balaban J connectivity index is 2.10. The Bertz CT molecular complexity index is 333. The van der Waals surface area contributed by atoms with Crippen LogP contribution in [0.3, 0.4) is 0 Å². The van der Waals surface area contributed by atoms with E-state index in [0.29, 0.717) is 11.4 Å². The molecule has 0 aromatic heterocycles. The number of hydrogen-bond donors (Lipinski definition) is 1. The van der Waals surface area contributed by atoms with E-state index in [-0.39, 0.29) is 0 Å². The minimum absolute atomic E-state index is 0.358. The van der Waals surface area contributed by atoms with E-state index in [2.05, 4.69) is 19.9 Å². The van der Waals surface area contributed by atoms with Crippen LogP contribution in [0.2, 0.25) is 0 Å². The average Bonchev–Trinajstić information content (AvgIpc) is 2.50. The molecule has 1 aliphatic rings. The van der Waals surface area contributed by atoms with Crippen molar-refractivity contribution >= 4 is 17.4 Å². The number of anilines is 1. The van der Waals surface area contributed by atoms with Gasteiger partial charge in [-0.2, -0.15) is 0 Å². The molecule has 0 amide bonds. The maximum atomic E-state index is 5.82. The number of hydrogen-bond acceptors (Lipinski definition) is 3. The van der Waals surface area contributed by atoms with E-state index in [1.54, 1.807) is 0 Å². The van der Waals surface area contributed by atoms with Crippen molar-refractivity contribution in [1.82, 2.24) is 0 Å². The first-order chi connectivity index (χ1) is 7.15. The molecule has 0 bridgehead atoms. The minimum Gasteiger partial charge on any atom is -0.399 e. The van der Waals surface area contributed by atoms with E-state index >= 15 is 0 Å². The summed E-state index contributed by atoms with van der Waals surface area (Å²) in [4.78, 5) is 1.26. The van der Waals surface area contributed by atoms with Gasteiger partial charge in [0.15, 0.2) is 0 Å². The Hall–Kier alpha value is -0.670. The van der Waals surface area contributed by atoms with Crippen molar-refractivity contribution in [1.29, 1.82) is 0 Å². The molecule has 1 aliphatic heterocycles. The molecule has 0 aliphatic carbocycles. The molecular formula is C12H17NOS. The van der Waals surface area contributed by atoms with Crippen LogP contribution in [0.25, 0.3) is 0 Å². The smallest absolute Gasteiger partial charge is 0.0669 e. The van der Waals surface area contributed by atoms with E-state index in [1.807, 2.05) is 23.9 Å². The first-order valence-electron chi connectivity index (χ1n) is 5.30. The van der Waals surface area contributed by atoms with Gasteiger partial charge in [0.1, 0.15) is 0 Å². The lowest BCUT2D eigenvalue weighted by molar-refractivity contribution is 0.127. The molecule has 2 unspecified atom stereocenters. The summed E-state index contributed by atoms with van der Waals surface area (Å²) in [7, 11) is 0. The standard InChI is InChI=1S/C12H17NOS/c1-8-5-10(13)7-11(6-8)15-12-3-4-14-9(12)2/h5-7,9,12H,3-4,13H2,1-2H3. The van der Waals surface area contributed by atoms with Gasteiger partial charge in [-0.1, -0.05) is 0 Å². The Morgan fingerprint density at radius 2 is 2.20 bits per heavy atom. The SMILES string of the molecule is Cc1cc(N)cc(SC2CCOC2C)c1. The van der Waals surface area contributed by atoms with Crippen LogP contribution in [-0.2, 0) is 4.74 Å². The molecule has 2 rings (SSSR count). The average molecular weight is 223 g/mol. The zero-order valence-corrected chi connectivity index (χ0v) is 10.0. The number of ether oxygens (including phenoxy) is 1. The second kappa shape index (κ2) is 4.45. The van der Waals surface area contributed by atoms with E-state index < -0.39 is 0 Å². The number of aryl methyl sites for hydroxylation is 1. The Labute approximate surface area is 95.2 Å². The Kier molecular flexibility index (Phi) is 3.22. The summed E-state index contributed by atoms with van der Waals surface area (Å²) in [6, 6.07) is 6.23. The number of nitrogen functional groups attached to an aromatic ring is 1. The highest BCUT2D eigenvalue weighted by Crippen LogP contribution is 2.33. The van der Waals surface area contributed by atoms with Crippen LogP contribution in [0.5, 0.6) is 0 Å². The van der Waals surface area contributed by atoms with Crippen LogP contribution in [0.15, 0.2) is 23.1 Å². The fourth-order valence-electron chi connectivity index (χ4n) is 1.89. The highest BCUT2D eigenvalue weighted by molar-refractivity contribution is 8.00. The van der Waals surface area contributed by atoms with Crippen molar-refractivity contribution in [2.75, 3.05) is 12.3 Å². The molecule has 15 heavy (non-hydrogen) atoms. The minimum atomic E-state index is 0.358. The van der Waals surface area contributed by atoms with Gasteiger partial charge in [0.05, 0.1) is 6.10 Å². The molecule has 0 saturated carbocycles. The molecule has 82 valence electrons. The van der Waals surface area contributed by atoms with Crippen LogP contribution in [0, 0.1) is 6.92 Å². The highest BCUT2D eigenvalue weighted by atomic mass is 32.2. The summed E-state index contributed by atoms with van der Waals surface area (Å²) in [6.45, 7) is 5.11. The van der Waals surface area contributed by atoms with Gasteiger partial charge in [-0.15, -0.1) is 11.8 Å². The molecule has 1 heterocycles. The second-order valence-electron chi connectivity index (χ2n) is 4.10. The van der Waals surface area contributed by atoms with E-state index in [1.165, 1.54) is 10.5 Å². The number of rotatable bonds is 2. The van der Waals surface area contributed by atoms with Crippen molar-refractivity contribution < 1.29 is 4.74 Å². The van der Waals surface area contributed by atoms with Gasteiger partial charge < -0.3 is 10.5 Å². The topological polar surface area (TPSA) is 35.2 Å². The first kappa shape index (κ1) is 10.8. The third kappa shape index (κ3) is 2.67. The Morgan fingerprint density at radius 3 is 2.80 bits per heavy atom. The van der Waals surface area contributed by atoms with Crippen molar-refractivity contribution in [2.45, 2.75) is 36.5 Å². The second-order valence-corrected chi connectivity index (χ2v) is 5.41. The highest BCUT2D eigenvalue weighted by Gasteiger charge is 2.25. The lowest BCUT2D eigenvalue weighted by Crippen LogP contribution is -2.12. The van der Waals surface area contributed by atoms with Gasteiger partial charge in [0.25, 0.3) is 0 Å². The van der Waals surface area contributed by atoms with Crippen LogP contribution in [0.1, 0.15) is 18.9 Å². The number of benzene rings is 1. The largest absolute Gasteiger partial charge is 0.399 e. The summed E-state index contributed by atoms with van der Waals surface area (Å²) in [5, 5.41) is 0.575. The van der Waals surface area contributed by atoms with Crippen molar-refractivity contribution in [3.05, 3.63) is 23.8 Å². The maximum Gasteiger partial charge on any atom is 0.0669 e. The summed E-state index contributed by atoms with van der Waals surface area (Å²) in [5.74, 6) is 0. The summed E-state index contributed by atoms with van der Waals surface area (Å²) in [6.07, 6.45) is 1.50. The summed E-state index contributed by atoms with van der Waals surface area (Å²) in [5.41, 5.74) is 7.90. The van der Waals surface area contributed by atoms with Crippen LogP contribution < -0.4 is 5.73 Å². The first-order valence-corrected chi connectivity index (χ1v) is 6.18. The summed E-state index contributed by atoms with van der Waals surface area (Å²) < 4.78 is 5.55. The zero-order chi connectivity index (χ0) is 10.8. The van der Waals surface area contributed by atoms with Gasteiger partial charge in [0.2, 0.25) is 0 Å². The third-order valence-electron chi connectivity index (χ3n) is 2.67. The van der Waals surface area contributed by atoms with E-state index in [4.69, 9.17) is 10.5 Å². The molecule has 0 radical (unpaired) electrons. The number of nitrogens with two attached hydrogens (primary N) is 1. The van der Waals surface area contributed by atoms with Crippen molar-refractivity contribution in [3.63, 3.8) is 0 Å². The molecule has 2 atom stereocenters. The van der Waals surface area contributed by atoms with Crippen molar-refractivity contribution in [2.24, 2.45) is 0 Å². The van der Waals surface area contributed by atoms with Gasteiger partial charge >= 0.3 is 0 Å². The van der Waals surface area contributed by atoms with E-state index in [9.17, 15) is 0 Å². The molecule has 1 saturated heterocycles. The van der Waals surface area contributed by atoms with Gasteiger partial charge in [-0.05, 0) is 44.0 Å². The molecule has 1 aromatic rings. The predicted octanol–water partition coefficient (Wildman–Crippen LogP) is 2.85. The third-order valence-corrected chi connectivity index (χ3v) is 4.10. The van der Waals surface area contributed by atoms with Crippen LogP contribution in [-0.4, -0.2) is 18.0 Å². The summed E-state index contributed by atoms with van der Waals surface area (Å²) >= 11 is 1.88. The van der Waals surface area contributed by atoms with Crippen molar-refractivity contribution in [3.8, 4) is 0 Å². The molecule has 1 fully saturated rings. The van der Waals surface area contributed by atoms with Gasteiger partial charge in [-0.3, -0.25) is 0 Å². The Morgan fingerprint density at radius 1 is 1.40 bits per heavy atom. The predicted molar refractivity (Wildman–Crippen MR) is 65.3 cm³/mol. The monoisotopic (exact) mass is 223 g/mol. The number of thioether (sulfide) groups is 1. The van der Waals surface area contributed by atoms with Crippen LogP contribution in [0.4, 0.5) is 5.69 Å². The molecule has 2 N–H and O–H groups in total. The maximum absolute atomic E-state index is 5.82. The molecule has 3 heteroatoms. The normalized spacial score (nSPS) is 25.7.